The van der Waals surface area contributed by atoms with E-state index in [0.29, 0.717) is 29.9 Å². The van der Waals surface area contributed by atoms with Gasteiger partial charge in [-0.2, -0.15) is 0 Å². The maximum absolute atomic E-state index is 12.6. The van der Waals surface area contributed by atoms with Gasteiger partial charge in [-0.3, -0.25) is 9.59 Å². The summed E-state index contributed by atoms with van der Waals surface area (Å²) in [6.45, 7) is 1.98. The fourth-order valence-corrected chi connectivity index (χ4v) is 3.20. The van der Waals surface area contributed by atoms with Crippen molar-refractivity contribution in [2.45, 2.75) is 12.8 Å². The molecule has 2 aromatic rings. The van der Waals surface area contributed by atoms with E-state index in [1.54, 1.807) is 36.4 Å². The number of nitrogens with zero attached hydrogens (tertiary/aromatic N) is 1. The first-order valence-corrected chi connectivity index (χ1v) is 8.61. The number of carbonyl (C=O) groups is 2. The maximum Gasteiger partial charge on any atom is 0.253 e. The highest BCUT2D eigenvalue weighted by molar-refractivity contribution is 5.95. The molecule has 3 N–H and O–H groups in total. The van der Waals surface area contributed by atoms with Crippen LogP contribution in [-0.2, 0) is 0 Å². The van der Waals surface area contributed by atoms with E-state index in [0.717, 1.165) is 19.4 Å². The van der Waals surface area contributed by atoms with E-state index in [2.05, 4.69) is 5.32 Å². The standard InChI is InChI=1S/C20H23N3O2/c21-18-10-4-9-17(12-18)20(25)23-11-5-6-15(14-23)13-22-19(24)16-7-2-1-3-8-16/h1-4,7-10,12,15H,5-6,11,13-14,21H2,(H,22,24). The number of amides is 2. The van der Waals surface area contributed by atoms with E-state index in [1.807, 2.05) is 23.1 Å². The van der Waals surface area contributed by atoms with Crippen LogP contribution in [0.25, 0.3) is 0 Å². The van der Waals surface area contributed by atoms with Gasteiger partial charge in [-0.15, -0.1) is 0 Å². The van der Waals surface area contributed by atoms with E-state index in [1.165, 1.54) is 0 Å². The molecule has 2 aromatic carbocycles. The lowest BCUT2D eigenvalue weighted by atomic mass is 9.97. The molecule has 0 spiro atoms. The van der Waals surface area contributed by atoms with Crippen molar-refractivity contribution in [3.05, 3.63) is 65.7 Å². The quantitative estimate of drug-likeness (QED) is 0.842. The molecule has 1 aliphatic rings. The Kier molecular flexibility index (Phi) is 5.33. The van der Waals surface area contributed by atoms with Gasteiger partial charge in [0.25, 0.3) is 11.8 Å². The number of nitrogen functional groups attached to an aromatic ring is 1. The number of carbonyl (C=O) groups excluding carboxylic acids is 2. The molecule has 1 saturated heterocycles. The van der Waals surface area contributed by atoms with Crippen molar-refractivity contribution in [1.29, 1.82) is 0 Å². The predicted octanol–water partition coefficient (Wildman–Crippen LogP) is 2.55. The van der Waals surface area contributed by atoms with Gasteiger partial charge in [0.2, 0.25) is 0 Å². The van der Waals surface area contributed by atoms with Crippen LogP contribution in [0, 0.1) is 5.92 Å². The summed E-state index contributed by atoms with van der Waals surface area (Å²) in [6, 6.07) is 16.2. The van der Waals surface area contributed by atoms with Crippen molar-refractivity contribution in [2.24, 2.45) is 5.92 Å². The van der Waals surface area contributed by atoms with Crippen molar-refractivity contribution in [3.63, 3.8) is 0 Å². The zero-order valence-corrected chi connectivity index (χ0v) is 14.2. The van der Waals surface area contributed by atoms with Crippen molar-refractivity contribution in [1.82, 2.24) is 10.2 Å². The minimum absolute atomic E-state index is 0.00591. The smallest absolute Gasteiger partial charge is 0.253 e. The van der Waals surface area contributed by atoms with Crippen molar-refractivity contribution >= 4 is 17.5 Å². The first-order chi connectivity index (χ1) is 12.1. The van der Waals surface area contributed by atoms with E-state index >= 15 is 0 Å². The minimum Gasteiger partial charge on any atom is -0.399 e. The number of hydrogen-bond donors (Lipinski definition) is 2. The zero-order valence-electron chi connectivity index (χ0n) is 14.2. The first kappa shape index (κ1) is 17.0. The van der Waals surface area contributed by atoms with E-state index in [-0.39, 0.29) is 17.7 Å². The Labute approximate surface area is 147 Å². The summed E-state index contributed by atoms with van der Waals surface area (Å²) < 4.78 is 0. The summed E-state index contributed by atoms with van der Waals surface area (Å²) in [4.78, 5) is 26.7. The fraction of sp³-hybridized carbons (Fsp3) is 0.300. The average Bonchev–Trinajstić information content (AvgIpc) is 2.66. The molecule has 0 radical (unpaired) electrons. The molecule has 0 aliphatic carbocycles. The Morgan fingerprint density at radius 3 is 2.60 bits per heavy atom. The number of benzene rings is 2. The Morgan fingerprint density at radius 2 is 1.84 bits per heavy atom. The zero-order chi connectivity index (χ0) is 17.6. The molecule has 1 unspecified atom stereocenters. The highest BCUT2D eigenvalue weighted by atomic mass is 16.2. The van der Waals surface area contributed by atoms with Crippen LogP contribution in [0.2, 0.25) is 0 Å². The van der Waals surface area contributed by atoms with Gasteiger partial charge in [0.05, 0.1) is 0 Å². The second-order valence-corrected chi connectivity index (χ2v) is 6.46. The molecule has 1 aliphatic heterocycles. The SMILES string of the molecule is Nc1cccc(C(=O)N2CCCC(CNC(=O)c3ccccc3)C2)c1. The van der Waals surface area contributed by atoms with Crippen LogP contribution < -0.4 is 11.1 Å². The summed E-state index contributed by atoms with van der Waals surface area (Å²) in [6.07, 6.45) is 1.95. The van der Waals surface area contributed by atoms with Gasteiger partial charge in [-0.1, -0.05) is 24.3 Å². The van der Waals surface area contributed by atoms with Crippen molar-refractivity contribution in [2.75, 3.05) is 25.4 Å². The minimum atomic E-state index is -0.0696. The van der Waals surface area contributed by atoms with E-state index in [9.17, 15) is 9.59 Å². The lowest BCUT2D eigenvalue weighted by Gasteiger charge is -2.33. The molecule has 1 heterocycles. The molecular weight excluding hydrogens is 314 g/mol. The fourth-order valence-electron chi connectivity index (χ4n) is 3.20. The largest absolute Gasteiger partial charge is 0.399 e. The van der Waals surface area contributed by atoms with Gasteiger partial charge < -0.3 is 16.0 Å². The molecule has 0 aromatic heterocycles. The maximum atomic E-state index is 12.6. The topological polar surface area (TPSA) is 75.4 Å². The third-order valence-electron chi connectivity index (χ3n) is 4.53. The molecular formula is C20H23N3O2. The number of nitrogens with one attached hydrogen (secondary N) is 1. The van der Waals surface area contributed by atoms with Gasteiger partial charge in [-0.05, 0) is 49.1 Å². The van der Waals surface area contributed by atoms with Gasteiger partial charge in [0.1, 0.15) is 0 Å². The summed E-state index contributed by atoms with van der Waals surface area (Å²) in [5, 5.41) is 2.98. The molecule has 1 atom stereocenters. The molecule has 130 valence electrons. The van der Waals surface area contributed by atoms with Crippen LogP contribution in [0.3, 0.4) is 0 Å². The van der Waals surface area contributed by atoms with Crippen LogP contribution in [0.15, 0.2) is 54.6 Å². The molecule has 5 nitrogen and oxygen atoms in total. The van der Waals surface area contributed by atoms with Crippen molar-refractivity contribution in [3.8, 4) is 0 Å². The van der Waals surface area contributed by atoms with Gasteiger partial charge in [0, 0.05) is 36.4 Å². The average molecular weight is 337 g/mol. The molecule has 5 heteroatoms. The van der Waals surface area contributed by atoms with E-state index in [4.69, 9.17) is 5.73 Å². The highest BCUT2D eigenvalue weighted by Gasteiger charge is 2.25. The Hall–Kier alpha value is -2.82. The normalized spacial score (nSPS) is 17.1. The number of rotatable bonds is 4. The first-order valence-electron chi connectivity index (χ1n) is 8.61. The monoisotopic (exact) mass is 337 g/mol. The molecule has 0 bridgehead atoms. The Bertz CT molecular complexity index is 746. The number of nitrogens with two attached hydrogens (primary N) is 1. The number of piperidine rings is 1. The van der Waals surface area contributed by atoms with Gasteiger partial charge in [0.15, 0.2) is 0 Å². The summed E-state index contributed by atoms with van der Waals surface area (Å²) in [7, 11) is 0. The molecule has 2 amide bonds. The second kappa shape index (κ2) is 7.83. The molecule has 3 rings (SSSR count). The molecule has 0 saturated carbocycles. The van der Waals surface area contributed by atoms with Gasteiger partial charge in [-0.25, -0.2) is 0 Å². The van der Waals surface area contributed by atoms with Gasteiger partial charge >= 0.3 is 0 Å². The van der Waals surface area contributed by atoms with Crippen LogP contribution in [0.4, 0.5) is 5.69 Å². The summed E-state index contributed by atoms with van der Waals surface area (Å²) in [5.41, 5.74) is 7.64. The van der Waals surface area contributed by atoms with Crippen molar-refractivity contribution < 1.29 is 9.59 Å². The van der Waals surface area contributed by atoms with Crippen LogP contribution >= 0.6 is 0 Å². The summed E-state index contributed by atoms with van der Waals surface area (Å²) >= 11 is 0. The molecule has 25 heavy (non-hydrogen) atoms. The Balaban J connectivity index is 1.56. The molecule has 1 fully saturated rings. The predicted molar refractivity (Wildman–Crippen MR) is 98.3 cm³/mol. The van der Waals surface area contributed by atoms with Crippen LogP contribution in [0.1, 0.15) is 33.6 Å². The van der Waals surface area contributed by atoms with E-state index < -0.39 is 0 Å². The third kappa shape index (κ3) is 4.38. The number of hydrogen-bond acceptors (Lipinski definition) is 3. The lowest BCUT2D eigenvalue weighted by molar-refractivity contribution is 0.0671. The van der Waals surface area contributed by atoms with Crippen LogP contribution in [0.5, 0.6) is 0 Å². The second-order valence-electron chi connectivity index (χ2n) is 6.46. The number of anilines is 1. The third-order valence-corrected chi connectivity index (χ3v) is 4.53. The Morgan fingerprint density at radius 1 is 1.08 bits per heavy atom. The highest BCUT2D eigenvalue weighted by Crippen LogP contribution is 2.19. The number of likely N-dealkylation sites (tertiary alicyclic amines) is 1. The lowest BCUT2D eigenvalue weighted by Crippen LogP contribution is -2.43. The van der Waals surface area contributed by atoms with Crippen LogP contribution in [-0.4, -0.2) is 36.3 Å². The summed E-state index contributed by atoms with van der Waals surface area (Å²) in [5.74, 6) is 0.206.